The van der Waals surface area contributed by atoms with Gasteiger partial charge in [0.15, 0.2) is 0 Å². The number of carbonyl (C=O) groups is 1. The van der Waals surface area contributed by atoms with Crippen molar-refractivity contribution in [2.24, 2.45) is 0 Å². The van der Waals surface area contributed by atoms with Crippen LogP contribution in [0.2, 0.25) is 0 Å². The maximum atomic E-state index is 10.7. The molecular weight excluding hydrogens is 168 g/mol. The summed E-state index contributed by atoms with van der Waals surface area (Å²) < 4.78 is 4.88. The molecule has 0 aromatic carbocycles. The lowest BCUT2D eigenvalue weighted by Crippen LogP contribution is -2.45. The Bertz CT molecular complexity index is 154. The Kier molecular flexibility index (Phi) is 7.24. The van der Waals surface area contributed by atoms with Crippen LogP contribution in [0.3, 0.4) is 0 Å². The highest BCUT2D eigenvalue weighted by Gasteiger charge is 2.06. The highest BCUT2D eigenvalue weighted by Crippen LogP contribution is 1.84. The predicted octanol–water partition coefficient (Wildman–Crippen LogP) is 0.261. The summed E-state index contributed by atoms with van der Waals surface area (Å²) in [6.07, 6.45) is 1.19. The van der Waals surface area contributed by atoms with Crippen molar-refractivity contribution in [2.75, 3.05) is 19.7 Å². The van der Waals surface area contributed by atoms with Gasteiger partial charge >= 0.3 is 5.97 Å². The molecule has 0 amide bonds. The van der Waals surface area contributed by atoms with E-state index < -0.39 is 0 Å². The Hall–Kier alpha value is -0.870. The van der Waals surface area contributed by atoms with Gasteiger partial charge in [0, 0.05) is 6.08 Å². The first-order chi connectivity index (χ1) is 6.24. The van der Waals surface area contributed by atoms with Crippen LogP contribution in [0.4, 0.5) is 0 Å². The third-order valence-corrected chi connectivity index (χ3v) is 1.46. The van der Waals surface area contributed by atoms with E-state index >= 15 is 0 Å². The summed E-state index contributed by atoms with van der Waals surface area (Å²) in [6.45, 7) is 9.31. The van der Waals surface area contributed by atoms with Gasteiger partial charge < -0.3 is 4.74 Å². The molecule has 0 aliphatic rings. The molecule has 0 saturated heterocycles. The van der Waals surface area contributed by atoms with E-state index in [1.807, 2.05) is 13.8 Å². The monoisotopic (exact) mass is 186 g/mol. The molecule has 0 bridgehead atoms. The van der Waals surface area contributed by atoms with Crippen LogP contribution in [0.5, 0.6) is 0 Å². The number of nitrogens with one attached hydrogen (secondary N) is 2. The lowest BCUT2D eigenvalue weighted by molar-refractivity contribution is -0.138. The van der Waals surface area contributed by atoms with Crippen molar-refractivity contribution in [1.29, 1.82) is 0 Å². The van der Waals surface area contributed by atoms with Crippen molar-refractivity contribution in [2.45, 2.75) is 20.0 Å². The van der Waals surface area contributed by atoms with Gasteiger partial charge in [0.25, 0.3) is 0 Å². The largest absolute Gasteiger partial charge is 0.459 e. The first kappa shape index (κ1) is 12.1. The summed E-state index contributed by atoms with van der Waals surface area (Å²) in [5.74, 6) is -0.388. The van der Waals surface area contributed by atoms with Gasteiger partial charge in [-0.1, -0.05) is 20.4 Å². The van der Waals surface area contributed by atoms with Crippen molar-refractivity contribution in [3.05, 3.63) is 12.7 Å². The Labute approximate surface area is 79.3 Å². The molecule has 0 radical (unpaired) electrons. The highest BCUT2D eigenvalue weighted by molar-refractivity contribution is 5.81. The fraction of sp³-hybridized carbons (Fsp3) is 0.667. The molecule has 76 valence electrons. The van der Waals surface area contributed by atoms with Crippen LogP contribution >= 0.6 is 0 Å². The number of likely N-dealkylation sites (N-methyl/N-ethyl adjacent to an activating group) is 2. The Morgan fingerprint density at radius 3 is 2.38 bits per heavy atom. The lowest BCUT2D eigenvalue weighted by Gasteiger charge is -2.17. The van der Waals surface area contributed by atoms with E-state index in [9.17, 15) is 4.79 Å². The SMILES string of the molecule is C=CC(=O)OCC(NCC)NCC. The normalized spacial score (nSPS) is 10.1. The van der Waals surface area contributed by atoms with E-state index in [1.54, 1.807) is 0 Å². The zero-order valence-electron chi connectivity index (χ0n) is 8.30. The molecule has 0 aromatic rings. The molecule has 13 heavy (non-hydrogen) atoms. The lowest BCUT2D eigenvalue weighted by atomic mass is 10.4. The zero-order chi connectivity index (χ0) is 10.1. The van der Waals surface area contributed by atoms with Crippen molar-refractivity contribution < 1.29 is 9.53 Å². The summed E-state index contributed by atoms with van der Waals surface area (Å²) in [7, 11) is 0. The third-order valence-electron chi connectivity index (χ3n) is 1.46. The summed E-state index contributed by atoms with van der Waals surface area (Å²) in [4.78, 5) is 10.7. The van der Waals surface area contributed by atoms with Crippen LogP contribution in [0.1, 0.15) is 13.8 Å². The fourth-order valence-electron chi connectivity index (χ4n) is 0.907. The number of carbonyl (C=O) groups excluding carboxylic acids is 1. The molecule has 0 unspecified atom stereocenters. The number of ether oxygens (including phenoxy) is 1. The predicted molar refractivity (Wildman–Crippen MR) is 52.3 cm³/mol. The van der Waals surface area contributed by atoms with Crippen LogP contribution in [-0.2, 0) is 9.53 Å². The third kappa shape index (κ3) is 6.31. The molecule has 4 heteroatoms. The molecule has 0 aliphatic heterocycles. The second kappa shape index (κ2) is 7.76. The summed E-state index contributed by atoms with van der Waals surface area (Å²) >= 11 is 0. The van der Waals surface area contributed by atoms with Crippen LogP contribution in [0.15, 0.2) is 12.7 Å². The minimum Gasteiger partial charge on any atom is -0.459 e. The van der Waals surface area contributed by atoms with Crippen LogP contribution in [0, 0.1) is 0 Å². The Balaban J connectivity index is 3.67. The first-order valence-electron chi connectivity index (χ1n) is 4.50. The quantitative estimate of drug-likeness (QED) is 0.340. The van der Waals surface area contributed by atoms with E-state index in [1.165, 1.54) is 0 Å². The van der Waals surface area contributed by atoms with E-state index in [0.29, 0.717) is 6.61 Å². The molecule has 0 rings (SSSR count). The first-order valence-corrected chi connectivity index (χ1v) is 4.50. The van der Waals surface area contributed by atoms with Crippen LogP contribution < -0.4 is 10.6 Å². The fourth-order valence-corrected chi connectivity index (χ4v) is 0.907. The minimum absolute atomic E-state index is 0.0268. The van der Waals surface area contributed by atoms with Crippen molar-refractivity contribution in [1.82, 2.24) is 10.6 Å². The van der Waals surface area contributed by atoms with Gasteiger partial charge in [0.2, 0.25) is 0 Å². The number of esters is 1. The molecule has 0 aliphatic carbocycles. The van der Waals surface area contributed by atoms with E-state index in [-0.39, 0.29) is 12.1 Å². The average Bonchev–Trinajstić information content (AvgIpc) is 2.14. The van der Waals surface area contributed by atoms with Crippen molar-refractivity contribution >= 4 is 5.97 Å². The molecule has 0 heterocycles. The smallest absolute Gasteiger partial charge is 0.330 e. The van der Waals surface area contributed by atoms with Gasteiger partial charge in [-0.05, 0) is 13.1 Å². The number of hydrogen-bond acceptors (Lipinski definition) is 4. The van der Waals surface area contributed by atoms with E-state index in [0.717, 1.165) is 19.2 Å². The molecule has 4 nitrogen and oxygen atoms in total. The Morgan fingerprint density at radius 1 is 1.46 bits per heavy atom. The molecule has 2 N–H and O–H groups in total. The van der Waals surface area contributed by atoms with Gasteiger partial charge in [-0.15, -0.1) is 0 Å². The maximum absolute atomic E-state index is 10.7. The van der Waals surface area contributed by atoms with Gasteiger partial charge in [-0.3, -0.25) is 10.6 Å². The molecule has 0 atom stereocenters. The summed E-state index contributed by atoms with van der Waals surface area (Å²) in [5.41, 5.74) is 0. The average molecular weight is 186 g/mol. The molecule has 0 saturated carbocycles. The minimum atomic E-state index is -0.388. The second-order valence-electron chi connectivity index (χ2n) is 2.50. The van der Waals surface area contributed by atoms with Crippen molar-refractivity contribution in [3.63, 3.8) is 0 Å². The molecule has 0 fully saturated rings. The summed E-state index contributed by atoms with van der Waals surface area (Å²) in [5, 5.41) is 6.28. The topological polar surface area (TPSA) is 50.4 Å². The maximum Gasteiger partial charge on any atom is 0.330 e. The standard InChI is InChI=1S/C9H18N2O2/c1-4-9(12)13-7-8(10-5-2)11-6-3/h4,8,10-11H,1,5-7H2,2-3H3. The van der Waals surface area contributed by atoms with Gasteiger partial charge in [0.1, 0.15) is 6.61 Å². The number of rotatable bonds is 7. The second-order valence-corrected chi connectivity index (χ2v) is 2.50. The van der Waals surface area contributed by atoms with Crippen LogP contribution in [0.25, 0.3) is 0 Å². The van der Waals surface area contributed by atoms with Gasteiger partial charge in [-0.25, -0.2) is 4.79 Å². The van der Waals surface area contributed by atoms with Gasteiger partial charge in [-0.2, -0.15) is 0 Å². The summed E-state index contributed by atoms with van der Waals surface area (Å²) in [6, 6.07) is 0. The van der Waals surface area contributed by atoms with E-state index in [4.69, 9.17) is 4.74 Å². The van der Waals surface area contributed by atoms with E-state index in [2.05, 4.69) is 17.2 Å². The van der Waals surface area contributed by atoms with Crippen LogP contribution in [-0.4, -0.2) is 31.8 Å². The Morgan fingerprint density at radius 2 is 2.00 bits per heavy atom. The van der Waals surface area contributed by atoms with Gasteiger partial charge in [0.05, 0.1) is 6.17 Å². The molecule has 0 spiro atoms. The highest BCUT2D eigenvalue weighted by atomic mass is 16.5. The number of hydrogen-bond donors (Lipinski definition) is 2. The molecule has 0 aromatic heterocycles. The van der Waals surface area contributed by atoms with Crippen molar-refractivity contribution in [3.8, 4) is 0 Å². The molecular formula is C9H18N2O2. The zero-order valence-corrected chi connectivity index (χ0v) is 8.30.